The van der Waals surface area contributed by atoms with Crippen LogP contribution in [0.5, 0.6) is 5.75 Å². The molecule has 1 heterocycles. The van der Waals surface area contributed by atoms with Crippen molar-refractivity contribution in [1.29, 1.82) is 0 Å². The predicted octanol–water partition coefficient (Wildman–Crippen LogP) is 6.88. The fraction of sp³-hybridized carbons (Fsp3) is 0.0833. The molecule has 0 aliphatic carbocycles. The number of aliphatic imine (C=N–C) groups is 1. The van der Waals surface area contributed by atoms with Crippen molar-refractivity contribution in [1.82, 2.24) is 5.32 Å². The maximum Gasteiger partial charge on any atom is 0.264 e. The monoisotopic (exact) mass is 512 g/mol. The first-order chi connectivity index (χ1) is 15.0. The van der Waals surface area contributed by atoms with Gasteiger partial charge in [-0.25, -0.2) is 4.99 Å². The Hall–Kier alpha value is -2.54. The van der Waals surface area contributed by atoms with Crippen molar-refractivity contribution in [3.63, 3.8) is 0 Å². The molecule has 0 atom stereocenters. The predicted molar refractivity (Wildman–Crippen MR) is 132 cm³/mol. The SMILES string of the molecule is Cc1ccc(Cl)cc1N=C1NC(=O)/C(=C/c2ccc(OCc3ccc(Br)cc3)cc2)S1. The van der Waals surface area contributed by atoms with Crippen LogP contribution >= 0.6 is 39.3 Å². The average molecular weight is 514 g/mol. The van der Waals surface area contributed by atoms with Crippen molar-refractivity contribution in [3.8, 4) is 5.75 Å². The van der Waals surface area contributed by atoms with Gasteiger partial charge in [0.1, 0.15) is 12.4 Å². The van der Waals surface area contributed by atoms with Gasteiger partial charge in [-0.3, -0.25) is 4.79 Å². The Balaban J connectivity index is 1.42. The molecule has 0 spiro atoms. The quantitative estimate of drug-likeness (QED) is 0.378. The van der Waals surface area contributed by atoms with Gasteiger partial charge in [0.15, 0.2) is 5.17 Å². The number of nitrogens with zero attached hydrogens (tertiary/aromatic N) is 1. The van der Waals surface area contributed by atoms with Gasteiger partial charge in [-0.2, -0.15) is 0 Å². The van der Waals surface area contributed by atoms with Crippen LogP contribution in [0.2, 0.25) is 5.02 Å². The summed E-state index contributed by atoms with van der Waals surface area (Å²) < 4.78 is 6.87. The highest BCUT2D eigenvalue weighted by atomic mass is 79.9. The first-order valence-electron chi connectivity index (χ1n) is 9.49. The minimum Gasteiger partial charge on any atom is -0.489 e. The lowest BCUT2D eigenvalue weighted by molar-refractivity contribution is -0.115. The maximum absolute atomic E-state index is 12.3. The molecule has 1 saturated heterocycles. The van der Waals surface area contributed by atoms with Crippen LogP contribution in [-0.4, -0.2) is 11.1 Å². The number of carbonyl (C=O) groups is 1. The molecule has 4 nitrogen and oxygen atoms in total. The van der Waals surface area contributed by atoms with Gasteiger partial charge in [-0.05, 0) is 77.9 Å². The molecule has 0 saturated carbocycles. The van der Waals surface area contributed by atoms with Crippen molar-refractivity contribution in [2.45, 2.75) is 13.5 Å². The van der Waals surface area contributed by atoms with Crippen molar-refractivity contribution < 1.29 is 9.53 Å². The van der Waals surface area contributed by atoms with Crippen molar-refractivity contribution in [2.75, 3.05) is 0 Å². The van der Waals surface area contributed by atoms with Crippen LogP contribution in [0, 0.1) is 6.92 Å². The topological polar surface area (TPSA) is 50.7 Å². The number of nitrogens with one attached hydrogen (secondary N) is 1. The third-order valence-electron chi connectivity index (χ3n) is 4.54. The minimum absolute atomic E-state index is 0.168. The third-order valence-corrected chi connectivity index (χ3v) is 6.21. The first-order valence-corrected chi connectivity index (χ1v) is 11.5. The van der Waals surface area contributed by atoms with E-state index in [1.54, 1.807) is 6.07 Å². The lowest BCUT2D eigenvalue weighted by Crippen LogP contribution is -2.19. The van der Waals surface area contributed by atoms with Gasteiger partial charge in [0.25, 0.3) is 5.91 Å². The second-order valence-corrected chi connectivity index (χ2v) is 9.28. The Kier molecular flexibility index (Phi) is 6.80. The molecule has 4 rings (SSSR count). The second kappa shape index (κ2) is 9.73. The number of hydrogen-bond donors (Lipinski definition) is 1. The average Bonchev–Trinajstić information content (AvgIpc) is 3.10. The van der Waals surface area contributed by atoms with Gasteiger partial charge in [0, 0.05) is 9.50 Å². The summed E-state index contributed by atoms with van der Waals surface area (Å²) in [7, 11) is 0. The zero-order valence-electron chi connectivity index (χ0n) is 16.6. The number of carbonyl (C=O) groups excluding carboxylic acids is 1. The molecule has 1 aliphatic heterocycles. The van der Waals surface area contributed by atoms with Crippen LogP contribution in [0.3, 0.4) is 0 Å². The summed E-state index contributed by atoms with van der Waals surface area (Å²) in [5, 5.41) is 3.95. The standard InChI is InChI=1S/C24H18BrClN2O2S/c1-15-2-9-19(26)13-21(15)27-24-28-23(29)22(31-24)12-16-5-10-20(11-6-16)30-14-17-3-7-18(25)8-4-17/h2-13H,14H2,1H3,(H,27,28,29)/b22-12-. The molecule has 0 bridgehead atoms. The molecule has 3 aromatic carbocycles. The Morgan fingerprint density at radius 1 is 1.10 bits per heavy atom. The van der Waals surface area contributed by atoms with Crippen LogP contribution in [0.4, 0.5) is 5.69 Å². The molecule has 1 N–H and O–H groups in total. The number of benzene rings is 3. The fourth-order valence-corrected chi connectivity index (χ4v) is 4.12. The molecule has 0 unspecified atom stereocenters. The van der Waals surface area contributed by atoms with E-state index in [-0.39, 0.29) is 5.91 Å². The lowest BCUT2D eigenvalue weighted by Gasteiger charge is -2.07. The second-order valence-electron chi connectivity index (χ2n) is 6.90. The molecule has 3 aromatic rings. The number of halogens is 2. The van der Waals surface area contributed by atoms with E-state index < -0.39 is 0 Å². The highest BCUT2D eigenvalue weighted by molar-refractivity contribution is 9.10. The Labute approximate surface area is 198 Å². The van der Waals surface area contributed by atoms with E-state index in [1.165, 1.54) is 11.8 Å². The molecule has 7 heteroatoms. The Morgan fingerprint density at radius 3 is 2.58 bits per heavy atom. The van der Waals surface area contributed by atoms with Crippen molar-refractivity contribution >= 4 is 62.1 Å². The minimum atomic E-state index is -0.168. The zero-order chi connectivity index (χ0) is 21.8. The van der Waals surface area contributed by atoms with Gasteiger partial charge in [0.2, 0.25) is 0 Å². The van der Waals surface area contributed by atoms with Crippen molar-refractivity contribution in [2.24, 2.45) is 4.99 Å². The van der Waals surface area contributed by atoms with Gasteiger partial charge in [0.05, 0.1) is 10.6 Å². The molecular weight excluding hydrogens is 496 g/mol. The van der Waals surface area contributed by atoms with E-state index in [0.29, 0.717) is 21.7 Å². The van der Waals surface area contributed by atoms with Crippen LogP contribution in [0.15, 0.2) is 81.1 Å². The van der Waals surface area contributed by atoms with E-state index >= 15 is 0 Å². The smallest absolute Gasteiger partial charge is 0.264 e. The molecule has 156 valence electrons. The Bertz CT molecular complexity index is 1180. The summed E-state index contributed by atoms with van der Waals surface area (Å²) in [5.41, 5.74) is 3.73. The van der Waals surface area contributed by atoms with Gasteiger partial charge in [-0.1, -0.05) is 57.9 Å². The van der Waals surface area contributed by atoms with Gasteiger partial charge < -0.3 is 10.1 Å². The summed E-state index contributed by atoms with van der Waals surface area (Å²) in [4.78, 5) is 17.5. The fourth-order valence-electron chi connectivity index (χ4n) is 2.85. The number of amides is 1. The largest absolute Gasteiger partial charge is 0.489 e. The number of thioether (sulfide) groups is 1. The highest BCUT2D eigenvalue weighted by Crippen LogP contribution is 2.30. The Morgan fingerprint density at radius 2 is 1.84 bits per heavy atom. The zero-order valence-corrected chi connectivity index (χ0v) is 19.7. The third kappa shape index (κ3) is 5.79. The molecule has 1 amide bonds. The number of hydrogen-bond acceptors (Lipinski definition) is 4. The summed E-state index contributed by atoms with van der Waals surface area (Å²) in [6, 6.07) is 21.2. The van der Waals surface area contributed by atoms with E-state index in [9.17, 15) is 4.79 Å². The van der Waals surface area contributed by atoms with Crippen LogP contribution in [-0.2, 0) is 11.4 Å². The molecular formula is C24H18BrClN2O2S. The normalized spacial score (nSPS) is 16.0. The summed E-state index contributed by atoms with van der Waals surface area (Å²) in [6.07, 6.45) is 1.84. The molecule has 0 radical (unpaired) electrons. The van der Waals surface area contributed by atoms with Gasteiger partial charge >= 0.3 is 0 Å². The van der Waals surface area contributed by atoms with E-state index in [2.05, 4.69) is 26.2 Å². The summed E-state index contributed by atoms with van der Waals surface area (Å²) >= 11 is 10.8. The number of rotatable bonds is 5. The molecule has 1 fully saturated rings. The van der Waals surface area contributed by atoms with E-state index in [1.807, 2.05) is 73.7 Å². The van der Waals surface area contributed by atoms with E-state index in [4.69, 9.17) is 16.3 Å². The molecule has 0 aromatic heterocycles. The summed E-state index contributed by atoms with van der Waals surface area (Å²) in [5.74, 6) is 0.603. The van der Waals surface area contributed by atoms with E-state index in [0.717, 1.165) is 32.6 Å². The first kappa shape index (κ1) is 21.7. The number of aryl methyl sites for hydroxylation is 1. The van der Waals surface area contributed by atoms with Crippen LogP contribution in [0.1, 0.15) is 16.7 Å². The molecule has 1 aliphatic rings. The van der Waals surface area contributed by atoms with Crippen LogP contribution in [0.25, 0.3) is 6.08 Å². The molecule has 31 heavy (non-hydrogen) atoms. The lowest BCUT2D eigenvalue weighted by atomic mass is 10.2. The maximum atomic E-state index is 12.3. The van der Waals surface area contributed by atoms with Gasteiger partial charge in [-0.15, -0.1) is 0 Å². The highest BCUT2D eigenvalue weighted by Gasteiger charge is 2.24. The number of ether oxygens (including phenoxy) is 1. The van der Waals surface area contributed by atoms with Crippen molar-refractivity contribution in [3.05, 3.63) is 97.8 Å². The van der Waals surface area contributed by atoms with Crippen LogP contribution < -0.4 is 10.1 Å². The summed E-state index contributed by atoms with van der Waals surface area (Å²) in [6.45, 7) is 2.45. The number of amidine groups is 1.